The first kappa shape index (κ1) is 19.1. The lowest BCUT2D eigenvalue weighted by molar-refractivity contribution is -0.136. The van der Waals surface area contributed by atoms with Gasteiger partial charge in [-0.2, -0.15) is 23.4 Å². The third-order valence-electron chi connectivity index (χ3n) is 4.87. The summed E-state index contributed by atoms with van der Waals surface area (Å²) in [5, 5.41) is 8.38. The zero-order valence-electron chi connectivity index (χ0n) is 15.9. The van der Waals surface area contributed by atoms with E-state index < -0.39 is 17.6 Å². The van der Waals surface area contributed by atoms with Gasteiger partial charge < -0.3 is 0 Å². The average molecular weight is 403 g/mol. The van der Waals surface area contributed by atoms with E-state index in [2.05, 4.69) is 15.2 Å². The van der Waals surface area contributed by atoms with Crippen molar-refractivity contribution in [1.29, 1.82) is 0 Å². The Bertz CT molecular complexity index is 1200. The fourth-order valence-corrected chi connectivity index (χ4v) is 3.43. The number of alkyl halides is 3. The van der Waals surface area contributed by atoms with Gasteiger partial charge in [0.25, 0.3) is 0 Å². The summed E-state index contributed by atoms with van der Waals surface area (Å²) in [7, 11) is 0. The summed E-state index contributed by atoms with van der Waals surface area (Å²) in [6, 6.07) is 6.38. The van der Waals surface area contributed by atoms with E-state index in [-0.39, 0.29) is 22.4 Å². The molecule has 4 aromatic rings. The van der Waals surface area contributed by atoms with Crippen LogP contribution in [0.4, 0.5) is 17.6 Å². The molecule has 9 heteroatoms. The van der Waals surface area contributed by atoms with Crippen molar-refractivity contribution in [2.45, 2.75) is 33.5 Å². The summed E-state index contributed by atoms with van der Waals surface area (Å²) >= 11 is 0. The summed E-state index contributed by atoms with van der Waals surface area (Å²) in [6.45, 7) is 5.77. The molecule has 3 heterocycles. The first-order valence-corrected chi connectivity index (χ1v) is 8.97. The van der Waals surface area contributed by atoms with Crippen molar-refractivity contribution in [2.75, 3.05) is 0 Å². The molecule has 0 aliphatic carbocycles. The molecule has 1 aromatic carbocycles. The number of nitrogens with zero attached hydrogens (tertiary/aromatic N) is 5. The van der Waals surface area contributed by atoms with Crippen LogP contribution in [0, 0.1) is 19.7 Å². The molecule has 0 radical (unpaired) electrons. The number of aryl methyl sites for hydroxylation is 2. The highest BCUT2D eigenvalue weighted by atomic mass is 19.4. The van der Waals surface area contributed by atoms with Crippen molar-refractivity contribution in [1.82, 2.24) is 24.5 Å². The van der Waals surface area contributed by atoms with Crippen molar-refractivity contribution >= 4 is 11.0 Å². The van der Waals surface area contributed by atoms with Crippen molar-refractivity contribution < 1.29 is 17.6 Å². The minimum absolute atomic E-state index is 0.0579. The van der Waals surface area contributed by atoms with Gasteiger partial charge in [-0.3, -0.25) is 4.68 Å². The summed E-state index contributed by atoms with van der Waals surface area (Å²) in [4.78, 5) is 4.50. The van der Waals surface area contributed by atoms with E-state index in [0.717, 1.165) is 11.8 Å². The molecular weight excluding hydrogens is 386 g/mol. The van der Waals surface area contributed by atoms with Crippen molar-refractivity contribution in [3.05, 3.63) is 59.3 Å². The largest absolute Gasteiger partial charge is 0.417 e. The average Bonchev–Trinajstić information content (AvgIpc) is 3.21. The minimum atomic E-state index is -4.59. The van der Waals surface area contributed by atoms with Gasteiger partial charge >= 0.3 is 6.18 Å². The van der Waals surface area contributed by atoms with Gasteiger partial charge in [0.2, 0.25) is 0 Å². The highest BCUT2D eigenvalue weighted by Crippen LogP contribution is 2.39. The molecule has 29 heavy (non-hydrogen) atoms. The van der Waals surface area contributed by atoms with E-state index >= 15 is 0 Å². The Balaban J connectivity index is 2.05. The van der Waals surface area contributed by atoms with E-state index in [1.807, 2.05) is 6.92 Å². The highest BCUT2D eigenvalue weighted by molar-refractivity contribution is 5.87. The van der Waals surface area contributed by atoms with Crippen LogP contribution in [0.2, 0.25) is 0 Å². The van der Waals surface area contributed by atoms with E-state index in [4.69, 9.17) is 0 Å². The summed E-state index contributed by atoms with van der Waals surface area (Å²) in [5.41, 5.74) is 1.25. The zero-order chi connectivity index (χ0) is 20.9. The quantitative estimate of drug-likeness (QED) is 0.448. The molecular formula is C20H17F4N5. The third-order valence-corrected chi connectivity index (χ3v) is 4.87. The van der Waals surface area contributed by atoms with Gasteiger partial charge in [-0.1, -0.05) is 0 Å². The van der Waals surface area contributed by atoms with Crippen LogP contribution in [0.3, 0.4) is 0 Å². The number of hydrogen-bond acceptors (Lipinski definition) is 3. The second-order valence-electron chi connectivity index (χ2n) is 6.68. The number of pyridine rings is 1. The molecule has 4 rings (SSSR count). The number of rotatable bonds is 3. The van der Waals surface area contributed by atoms with Gasteiger partial charge in [-0.25, -0.2) is 14.1 Å². The topological polar surface area (TPSA) is 48.5 Å². The fourth-order valence-electron chi connectivity index (χ4n) is 3.43. The molecule has 150 valence electrons. The number of hydrogen-bond donors (Lipinski definition) is 0. The first-order chi connectivity index (χ1) is 13.7. The molecule has 0 amide bonds. The number of benzene rings is 1. The number of aromatic nitrogens is 5. The highest BCUT2D eigenvalue weighted by Gasteiger charge is 2.36. The molecule has 0 atom stereocenters. The van der Waals surface area contributed by atoms with E-state index in [1.54, 1.807) is 11.6 Å². The van der Waals surface area contributed by atoms with Gasteiger partial charge in [-0.15, -0.1) is 0 Å². The Hall–Kier alpha value is -3.23. The maximum Gasteiger partial charge on any atom is 0.417 e. The molecule has 5 nitrogen and oxygen atoms in total. The smallest absolute Gasteiger partial charge is 0.269 e. The van der Waals surface area contributed by atoms with Crippen molar-refractivity contribution in [3.63, 3.8) is 0 Å². The Labute approximate surface area is 163 Å². The monoisotopic (exact) mass is 403 g/mol. The normalized spacial score (nSPS) is 12.1. The van der Waals surface area contributed by atoms with E-state index in [0.29, 0.717) is 17.8 Å². The van der Waals surface area contributed by atoms with Crippen molar-refractivity contribution in [2.24, 2.45) is 0 Å². The predicted octanol–water partition coefficient (Wildman–Crippen LogP) is 5.08. The summed E-state index contributed by atoms with van der Waals surface area (Å²) in [5.74, 6) is -0.450. The Morgan fingerprint density at radius 1 is 1.07 bits per heavy atom. The SMILES string of the molecule is CCn1ncc(-c2cc(C(F)(F)F)c3c(C)nn(-c4ccc(F)cc4)c3n2)c1C. The van der Waals surface area contributed by atoms with Gasteiger partial charge in [0.15, 0.2) is 5.65 Å². The Morgan fingerprint density at radius 2 is 1.76 bits per heavy atom. The predicted molar refractivity (Wildman–Crippen MR) is 100 cm³/mol. The lowest BCUT2D eigenvalue weighted by Gasteiger charge is -2.12. The zero-order valence-corrected chi connectivity index (χ0v) is 15.9. The molecule has 0 aliphatic heterocycles. The molecule has 0 saturated heterocycles. The van der Waals surface area contributed by atoms with Gasteiger partial charge in [0.05, 0.1) is 34.2 Å². The molecule has 3 aromatic heterocycles. The second-order valence-corrected chi connectivity index (χ2v) is 6.68. The Kier molecular flexibility index (Phi) is 4.40. The van der Waals surface area contributed by atoms with Crippen LogP contribution in [0.5, 0.6) is 0 Å². The second kappa shape index (κ2) is 6.68. The van der Waals surface area contributed by atoms with Crippen LogP contribution in [0.15, 0.2) is 36.5 Å². The van der Waals surface area contributed by atoms with Crippen LogP contribution in [-0.2, 0) is 12.7 Å². The van der Waals surface area contributed by atoms with Crippen LogP contribution in [0.25, 0.3) is 28.0 Å². The van der Waals surface area contributed by atoms with Crippen LogP contribution in [-0.4, -0.2) is 24.5 Å². The standard InChI is InChI=1S/C20H17F4N5/c1-4-28-12(3)15(10-25-28)17-9-16(20(22,23)24)18-11(2)27-29(19(18)26-17)14-7-5-13(21)6-8-14/h5-10H,4H2,1-3H3. The maximum absolute atomic E-state index is 13.9. The van der Waals surface area contributed by atoms with Gasteiger partial charge in [0.1, 0.15) is 5.82 Å². The molecule has 0 aliphatic rings. The molecule has 0 bridgehead atoms. The van der Waals surface area contributed by atoms with E-state index in [1.165, 1.54) is 42.1 Å². The fraction of sp³-hybridized carbons (Fsp3) is 0.250. The number of halogens is 4. The van der Waals surface area contributed by atoms with Crippen LogP contribution in [0.1, 0.15) is 23.9 Å². The Morgan fingerprint density at radius 3 is 2.34 bits per heavy atom. The van der Waals surface area contributed by atoms with Crippen LogP contribution >= 0.6 is 0 Å². The molecule has 0 unspecified atom stereocenters. The van der Waals surface area contributed by atoms with E-state index in [9.17, 15) is 17.6 Å². The first-order valence-electron chi connectivity index (χ1n) is 8.97. The lowest BCUT2D eigenvalue weighted by Crippen LogP contribution is -2.08. The molecule has 0 spiro atoms. The molecule has 0 fully saturated rings. The molecule has 0 saturated carbocycles. The van der Waals surface area contributed by atoms with Crippen molar-refractivity contribution in [3.8, 4) is 16.9 Å². The summed E-state index contributed by atoms with van der Waals surface area (Å²) in [6.07, 6.45) is -3.08. The number of fused-ring (bicyclic) bond motifs is 1. The van der Waals surface area contributed by atoms with Crippen LogP contribution < -0.4 is 0 Å². The minimum Gasteiger partial charge on any atom is -0.269 e. The third kappa shape index (κ3) is 3.16. The molecule has 0 N–H and O–H groups in total. The lowest BCUT2D eigenvalue weighted by atomic mass is 10.1. The summed E-state index contributed by atoms with van der Waals surface area (Å²) < 4.78 is 58.0. The van der Waals surface area contributed by atoms with Gasteiger partial charge in [-0.05, 0) is 51.1 Å². The van der Waals surface area contributed by atoms with Gasteiger partial charge in [0, 0.05) is 17.8 Å². The maximum atomic E-state index is 13.9.